The Morgan fingerprint density at radius 1 is 0.500 bits per heavy atom. The maximum atomic E-state index is 11.9. The third-order valence-corrected chi connectivity index (χ3v) is 8.10. The highest BCUT2D eigenvalue weighted by atomic mass is 16.6. The molecule has 36 heavy (non-hydrogen) atoms. The van der Waals surface area contributed by atoms with Crippen molar-refractivity contribution in [2.24, 2.45) is 5.92 Å². The minimum atomic E-state index is 0.0188. The van der Waals surface area contributed by atoms with Gasteiger partial charge in [0.05, 0.1) is 0 Å². The van der Waals surface area contributed by atoms with Gasteiger partial charge >= 0.3 is 5.97 Å². The second-order valence-corrected chi connectivity index (χ2v) is 11.6. The molecular formula is C34H64O2. The Balaban J connectivity index is 1.86. The van der Waals surface area contributed by atoms with Crippen LogP contribution in [0.2, 0.25) is 0 Å². The zero-order valence-corrected chi connectivity index (χ0v) is 24.8. The van der Waals surface area contributed by atoms with Crippen LogP contribution in [0.5, 0.6) is 0 Å². The van der Waals surface area contributed by atoms with Gasteiger partial charge in [0.25, 0.3) is 0 Å². The Labute approximate surface area is 226 Å². The number of cyclic esters (lactones) is 1. The lowest BCUT2D eigenvalue weighted by Crippen LogP contribution is -2.32. The number of rotatable bonds is 28. The minimum Gasteiger partial charge on any atom is -0.430 e. The van der Waals surface area contributed by atoms with Crippen LogP contribution in [0.3, 0.4) is 0 Å². The largest absolute Gasteiger partial charge is 0.430 e. The third kappa shape index (κ3) is 19.3. The normalized spacial score (nSPS) is 16.4. The van der Waals surface area contributed by atoms with Crippen molar-refractivity contribution >= 4 is 5.97 Å². The lowest BCUT2D eigenvalue weighted by molar-refractivity contribution is -0.157. The van der Waals surface area contributed by atoms with Crippen molar-refractivity contribution in [1.29, 1.82) is 0 Å². The highest BCUT2D eigenvalue weighted by Crippen LogP contribution is 2.32. The first-order chi connectivity index (χ1) is 17.8. The number of esters is 1. The molecule has 0 aromatic carbocycles. The van der Waals surface area contributed by atoms with E-state index >= 15 is 0 Å². The van der Waals surface area contributed by atoms with E-state index in [0.29, 0.717) is 0 Å². The average Bonchev–Trinajstić information content (AvgIpc) is 2.88. The Morgan fingerprint density at radius 3 is 1.19 bits per heavy atom. The van der Waals surface area contributed by atoms with Gasteiger partial charge in [-0.2, -0.15) is 0 Å². The number of allylic oxidation sites excluding steroid dienone is 1. The summed E-state index contributed by atoms with van der Waals surface area (Å²) < 4.78 is 5.35. The van der Waals surface area contributed by atoms with E-state index in [2.05, 4.69) is 19.9 Å². The van der Waals surface area contributed by atoms with Crippen LogP contribution in [-0.4, -0.2) is 5.97 Å². The third-order valence-electron chi connectivity index (χ3n) is 8.10. The number of carbonyl (C=O) groups is 1. The number of hydrogen-bond donors (Lipinski definition) is 0. The average molecular weight is 505 g/mol. The first-order valence-electron chi connectivity index (χ1n) is 16.7. The molecule has 1 atom stereocenters. The summed E-state index contributed by atoms with van der Waals surface area (Å²) in [4.78, 5) is 11.9. The number of carbonyl (C=O) groups excluding carboxylic acids is 1. The van der Waals surface area contributed by atoms with Gasteiger partial charge in [-0.3, -0.25) is 4.79 Å². The van der Waals surface area contributed by atoms with Crippen molar-refractivity contribution < 1.29 is 9.53 Å². The molecular weight excluding hydrogens is 440 g/mol. The predicted molar refractivity (Wildman–Crippen MR) is 158 cm³/mol. The maximum absolute atomic E-state index is 11.9. The van der Waals surface area contributed by atoms with Crippen LogP contribution in [0.15, 0.2) is 11.8 Å². The van der Waals surface area contributed by atoms with Crippen LogP contribution in [-0.2, 0) is 9.53 Å². The Morgan fingerprint density at radius 2 is 0.833 bits per heavy atom. The lowest BCUT2D eigenvalue weighted by atomic mass is 9.93. The van der Waals surface area contributed by atoms with Crippen LogP contribution in [0.4, 0.5) is 0 Å². The van der Waals surface area contributed by atoms with Crippen molar-refractivity contribution in [3.63, 3.8) is 0 Å². The number of unbranched alkanes of at least 4 members (excludes halogenated alkanes) is 25. The molecule has 0 saturated carbocycles. The van der Waals surface area contributed by atoms with E-state index in [1.54, 1.807) is 0 Å². The standard InChI is InChI=1S/C34H64O2/c1-3-5-7-9-11-13-15-17-18-19-21-23-25-27-29-31-33-32(34(35)36-33)30-28-26-24-22-20-16-14-12-10-8-6-4-2/h31-32H,3-30H2,1-2H3/b33-31+. The fraction of sp³-hybridized carbons (Fsp3) is 0.912. The molecule has 2 heteroatoms. The smallest absolute Gasteiger partial charge is 0.321 e. The summed E-state index contributed by atoms with van der Waals surface area (Å²) in [6.45, 7) is 4.57. The van der Waals surface area contributed by atoms with Crippen molar-refractivity contribution in [3.8, 4) is 0 Å². The van der Waals surface area contributed by atoms with E-state index in [1.165, 1.54) is 167 Å². The zero-order valence-electron chi connectivity index (χ0n) is 24.8. The highest BCUT2D eigenvalue weighted by Gasteiger charge is 2.36. The molecule has 1 aliphatic heterocycles. The fourth-order valence-electron chi connectivity index (χ4n) is 5.53. The van der Waals surface area contributed by atoms with E-state index in [9.17, 15) is 4.79 Å². The van der Waals surface area contributed by atoms with Gasteiger partial charge in [-0.1, -0.05) is 174 Å². The molecule has 1 rings (SSSR count). The van der Waals surface area contributed by atoms with Crippen molar-refractivity contribution in [2.45, 2.75) is 194 Å². The minimum absolute atomic E-state index is 0.0188. The monoisotopic (exact) mass is 504 g/mol. The van der Waals surface area contributed by atoms with E-state index in [4.69, 9.17) is 4.74 Å². The van der Waals surface area contributed by atoms with Gasteiger partial charge in [-0.15, -0.1) is 0 Å². The molecule has 0 aliphatic carbocycles. The molecule has 1 fully saturated rings. The van der Waals surface area contributed by atoms with Gasteiger partial charge in [-0.25, -0.2) is 0 Å². The topological polar surface area (TPSA) is 26.3 Å². The lowest BCUT2D eigenvalue weighted by Gasteiger charge is -2.28. The molecule has 0 aromatic heterocycles. The quantitative estimate of drug-likeness (QED) is 0.0782. The molecule has 0 N–H and O–H groups in total. The molecule has 1 saturated heterocycles. The van der Waals surface area contributed by atoms with E-state index in [-0.39, 0.29) is 11.9 Å². The molecule has 0 radical (unpaired) electrons. The summed E-state index contributed by atoms with van der Waals surface area (Å²) in [5.74, 6) is 1.09. The maximum Gasteiger partial charge on any atom is 0.321 e. The summed E-state index contributed by atoms with van der Waals surface area (Å²) in [7, 11) is 0. The summed E-state index contributed by atoms with van der Waals surface area (Å²) >= 11 is 0. The Kier molecular flexibility index (Phi) is 23.9. The summed E-state index contributed by atoms with van der Waals surface area (Å²) in [6.07, 6.45) is 40.3. The van der Waals surface area contributed by atoms with Gasteiger partial charge in [0.1, 0.15) is 11.7 Å². The second kappa shape index (κ2) is 25.8. The van der Waals surface area contributed by atoms with E-state index in [1.807, 2.05) is 0 Å². The number of hydrogen-bond acceptors (Lipinski definition) is 2. The first-order valence-corrected chi connectivity index (χ1v) is 16.7. The van der Waals surface area contributed by atoms with Gasteiger partial charge in [0, 0.05) is 0 Å². The van der Waals surface area contributed by atoms with Crippen LogP contribution >= 0.6 is 0 Å². The molecule has 1 aliphatic rings. The Hall–Kier alpha value is -0.790. The van der Waals surface area contributed by atoms with Crippen molar-refractivity contribution in [3.05, 3.63) is 11.8 Å². The molecule has 0 amide bonds. The molecule has 212 valence electrons. The summed E-state index contributed by atoms with van der Waals surface area (Å²) in [5, 5.41) is 0. The second-order valence-electron chi connectivity index (χ2n) is 11.6. The zero-order chi connectivity index (χ0) is 25.9. The Bertz CT molecular complexity index is 509. The van der Waals surface area contributed by atoms with E-state index in [0.717, 1.165) is 18.6 Å². The highest BCUT2D eigenvalue weighted by molar-refractivity contribution is 5.82. The molecule has 1 unspecified atom stereocenters. The number of ether oxygens (including phenoxy) is 1. The first kappa shape index (κ1) is 33.2. The van der Waals surface area contributed by atoms with E-state index < -0.39 is 0 Å². The molecule has 1 heterocycles. The van der Waals surface area contributed by atoms with Gasteiger partial charge < -0.3 is 4.74 Å². The van der Waals surface area contributed by atoms with Gasteiger partial charge in [0.15, 0.2) is 0 Å². The molecule has 2 nitrogen and oxygen atoms in total. The van der Waals surface area contributed by atoms with Crippen LogP contribution in [0, 0.1) is 5.92 Å². The van der Waals surface area contributed by atoms with Crippen LogP contribution in [0.25, 0.3) is 0 Å². The molecule has 0 bridgehead atoms. The van der Waals surface area contributed by atoms with Gasteiger partial charge in [0.2, 0.25) is 0 Å². The summed E-state index contributed by atoms with van der Waals surface area (Å²) in [6, 6.07) is 0. The van der Waals surface area contributed by atoms with Crippen LogP contribution in [0.1, 0.15) is 194 Å². The summed E-state index contributed by atoms with van der Waals surface area (Å²) in [5.41, 5.74) is 0. The van der Waals surface area contributed by atoms with Gasteiger partial charge in [-0.05, 0) is 25.3 Å². The molecule has 0 aromatic rings. The predicted octanol–water partition coefficient (Wildman–Crippen LogP) is 12.0. The SMILES string of the molecule is CCCCCCCCCCCCCCCC/C=C1/OC(=O)C1CCCCCCCCCCCCCC. The van der Waals surface area contributed by atoms with Crippen molar-refractivity contribution in [2.75, 3.05) is 0 Å². The fourth-order valence-corrected chi connectivity index (χ4v) is 5.53. The van der Waals surface area contributed by atoms with Crippen molar-refractivity contribution in [1.82, 2.24) is 0 Å². The molecule has 0 spiro atoms. The van der Waals surface area contributed by atoms with Crippen LogP contribution < -0.4 is 0 Å².